The van der Waals surface area contributed by atoms with E-state index in [1.165, 1.54) is 0 Å². The van der Waals surface area contributed by atoms with Crippen LogP contribution in [0.25, 0.3) is 0 Å². The highest BCUT2D eigenvalue weighted by atomic mass is 16.3. The molecule has 1 aliphatic heterocycles. The zero-order valence-corrected chi connectivity index (χ0v) is 8.95. The van der Waals surface area contributed by atoms with Gasteiger partial charge in [-0.1, -0.05) is 6.92 Å². The van der Waals surface area contributed by atoms with Gasteiger partial charge in [0, 0.05) is 12.6 Å². The molecule has 1 fully saturated rings. The number of aliphatic hydroxyl groups excluding tert-OH is 2. The fourth-order valence-corrected chi connectivity index (χ4v) is 2.04. The Kier molecular flexibility index (Phi) is 5.40. The monoisotopic (exact) mass is 202 g/mol. The third-order valence-electron chi connectivity index (χ3n) is 2.89. The summed E-state index contributed by atoms with van der Waals surface area (Å²) in [5.41, 5.74) is 0. The van der Waals surface area contributed by atoms with Crippen molar-refractivity contribution >= 4 is 0 Å². The van der Waals surface area contributed by atoms with Gasteiger partial charge in [-0.05, 0) is 32.5 Å². The number of nitrogens with one attached hydrogen (secondary N) is 1. The first-order valence-corrected chi connectivity index (χ1v) is 5.51. The van der Waals surface area contributed by atoms with Gasteiger partial charge in [0.05, 0.1) is 12.7 Å². The molecule has 0 radical (unpaired) electrons. The van der Waals surface area contributed by atoms with Crippen LogP contribution in [0.15, 0.2) is 0 Å². The van der Waals surface area contributed by atoms with Gasteiger partial charge in [-0.25, -0.2) is 0 Å². The maximum atomic E-state index is 9.38. The number of nitrogens with zero attached hydrogens (tertiary/aromatic N) is 1. The molecule has 0 aliphatic carbocycles. The molecule has 0 spiro atoms. The maximum absolute atomic E-state index is 9.38. The van der Waals surface area contributed by atoms with E-state index in [-0.39, 0.29) is 6.61 Å². The molecular weight excluding hydrogens is 180 g/mol. The first-order valence-electron chi connectivity index (χ1n) is 5.51. The van der Waals surface area contributed by atoms with Crippen molar-refractivity contribution in [2.45, 2.75) is 31.9 Å². The molecular formula is C10H22N2O2. The number of hydrogen-bond acceptors (Lipinski definition) is 4. The number of aliphatic hydroxyl groups is 2. The van der Waals surface area contributed by atoms with E-state index in [4.69, 9.17) is 5.11 Å². The van der Waals surface area contributed by atoms with E-state index < -0.39 is 6.10 Å². The second-order valence-electron chi connectivity index (χ2n) is 3.91. The smallest absolute Gasteiger partial charge is 0.0897 e. The van der Waals surface area contributed by atoms with Gasteiger partial charge in [0.2, 0.25) is 0 Å². The Morgan fingerprint density at radius 2 is 2.07 bits per heavy atom. The molecule has 4 heteroatoms. The van der Waals surface area contributed by atoms with Crippen LogP contribution in [-0.2, 0) is 0 Å². The molecule has 1 saturated heterocycles. The highest BCUT2D eigenvalue weighted by Crippen LogP contribution is 2.11. The van der Waals surface area contributed by atoms with E-state index in [1.807, 2.05) is 0 Å². The molecule has 14 heavy (non-hydrogen) atoms. The average molecular weight is 202 g/mol. The van der Waals surface area contributed by atoms with Crippen molar-refractivity contribution in [3.05, 3.63) is 0 Å². The quantitative estimate of drug-likeness (QED) is 0.558. The molecule has 1 aliphatic rings. The van der Waals surface area contributed by atoms with Crippen molar-refractivity contribution in [1.29, 1.82) is 0 Å². The standard InChI is InChI=1S/C10H22N2O2/c1-2-12(7-10(14)8-13)9-3-5-11-6-4-9/h9-11,13-14H,2-8H2,1H3. The topological polar surface area (TPSA) is 55.7 Å². The number of likely N-dealkylation sites (N-methyl/N-ethyl adjacent to an activating group) is 1. The summed E-state index contributed by atoms with van der Waals surface area (Å²) in [6.07, 6.45) is 1.70. The lowest BCUT2D eigenvalue weighted by Crippen LogP contribution is -2.46. The van der Waals surface area contributed by atoms with Gasteiger partial charge in [0.15, 0.2) is 0 Å². The van der Waals surface area contributed by atoms with Crippen molar-refractivity contribution < 1.29 is 10.2 Å². The Labute approximate surface area is 85.9 Å². The highest BCUT2D eigenvalue weighted by Gasteiger charge is 2.21. The summed E-state index contributed by atoms with van der Waals surface area (Å²) in [5, 5.41) is 21.5. The minimum absolute atomic E-state index is 0.137. The molecule has 1 rings (SSSR count). The molecule has 0 saturated carbocycles. The van der Waals surface area contributed by atoms with Crippen molar-refractivity contribution in [2.24, 2.45) is 0 Å². The Morgan fingerprint density at radius 1 is 1.43 bits per heavy atom. The van der Waals surface area contributed by atoms with Gasteiger partial charge in [0.1, 0.15) is 0 Å². The summed E-state index contributed by atoms with van der Waals surface area (Å²) in [4.78, 5) is 2.27. The Hall–Kier alpha value is -0.160. The van der Waals surface area contributed by atoms with Gasteiger partial charge in [-0.15, -0.1) is 0 Å². The molecule has 0 aromatic heterocycles. The van der Waals surface area contributed by atoms with Crippen LogP contribution >= 0.6 is 0 Å². The third kappa shape index (κ3) is 3.53. The van der Waals surface area contributed by atoms with Crippen molar-refractivity contribution in [3.63, 3.8) is 0 Å². The van der Waals surface area contributed by atoms with Gasteiger partial charge >= 0.3 is 0 Å². The molecule has 4 nitrogen and oxygen atoms in total. The second-order valence-corrected chi connectivity index (χ2v) is 3.91. The average Bonchev–Trinajstić information content (AvgIpc) is 2.26. The molecule has 0 aromatic rings. The van der Waals surface area contributed by atoms with E-state index in [9.17, 15) is 5.11 Å². The lowest BCUT2D eigenvalue weighted by molar-refractivity contribution is 0.0407. The lowest BCUT2D eigenvalue weighted by atomic mass is 10.0. The fraction of sp³-hybridized carbons (Fsp3) is 1.00. The zero-order chi connectivity index (χ0) is 10.4. The van der Waals surface area contributed by atoms with Gasteiger partial charge in [-0.3, -0.25) is 4.90 Å². The van der Waals surface area contributed by atoms with Gasteiger partial charge < -0.3 is 15.5 Å². The summed E-state index contributed by atoms with van der Waals surface area (Å²) in [6.45, 7) is 5.64. The predicted molar refractivity (Wildman–Crippen MR) is 56.2 cm³/mol. The van der Waals surface area contributed by atoms with Crippen LogP contribution < -0.4 is 5.32 Å². The van der Waals surface area contributed by atoms with Crippen LogP contribution in [0.4, 0.5) is 0 Å². The number of hydrogen-bond donors (Lipinski definition) is 3. The van der Waals surface area contributed by atoms with Crippen LogP contribution in [0.5, 0.6) is 0 Å². The number of rotatable bonds is 5. The van der Waals surface area contributed by atoms with Crippen LogP contribution in [0.2, 0.25) is 0 Å². The minimum Gasteiger partial charge on any atom is -0.394 e. The maximum Gasteiger partial charge on any atom is 0.0897 e. The molecule has 0 aromatic carbocycles. The molecule has 3 N–H and O–H groups in total. The largest absolute Gasteiger partial charge is 0.394 e. The summed E-state index contributed by atoms with van der Waals surface area (Å²) < 4.78 is 0. The summed E-state index contributed by atoms with van der Waals surface area (Å²) in [7, 11) is 0. The molecule has 1 heterocycles. The van der Waals surface area contributed by atoms with E-state index in [0.717, 1.165) is 32.5 Å². The first-order chi connectivity index (χ1) is 6.77. The Balaban J connectivity index is 2.35. The van der Waals surface area contributed by atoms with Crippen LogP contribution in [0, 0.1) is 0 Å². The van der Waals surface area contributed by atoms with E-state index >= 15 is 0 Å². The van der Waals surface area contributed by atoms with Gasteiger partial charge in [-0.2, -0.15) is 0 Å². The summed E-state index contributed by atoms with van der Waals surface area (Å²) >= 11 is 0. The highest BCUT2D eigenvalue weighted by molar-refractivity contribution is 4.78. The SMILES string of the molecule is CCN(CC(O)CO)C1CCNCC1. The van der Waals surface area contributed by atoms with E-state index in [2.05, 4.69) is 17.1 Å². The first kappa shape index (κ1) is 11.9. The lowest BCUT2D eigenvalue weighted by Gasteiger charge is -2.34. The minimum atomic E-state index is -0.593. The summed E-state index contributed by atoms with van der Waals surface area (Å²) in [6, 6.07) is 0.572. The molecule has 0 bridgehead atoms. The summed E-state index contributed by atoms with van der Waals surface area (Å²) in [5.74, 6) is 0. The fourth-order valence-electron chi connectivity index (χ4n) is 2.04. The van der Waals surface area contributed by atoms with Crippen LogP contribution in [-0.4, -0.2) is 60.0 Å². The van der Waals surface area contributed by atoms with Crippen molar-refractivity contribution in [3.8, 4) is 0 Å². The van der Waals surface area contributed by atoms with Crippen molar-refractivity contribution in [1.82, 2.24) is 10.2 Å². The molecule has 0 amide bonds. The van der Waals surface area contributed by atoms with E-state index in [0.29, 0.717) is 12.6 Å². The Morgan fingerprint density at radius 3 is 2.57 bits per heavy atom. The second kappa shape index (κ2) is 6.35. The molecule has 84 valence electrons. The van der Waals surface area contributed by atoms with Crippen molar-refractivity contribution in [2.75, 3.05) is 32.8 Å². The normalized spacial score (nSPS) is 21.4. The van der Waals surface area contributed by atoms with Gasteiger partial charge in [0.25, 0.3) is 0 Å². The predicted octanol–water partition coefficient (Wildman–Crippen LogP) is -0.586. The zero-order valence-electron chi connectivity index (χ0n) is 8.95. The van der Waals surface area contributed by atoms with Crippen LogP contribution in [0.3, 0.4) is 0 Å². The molecule has 1 atom stereocenters. The Bertz CT molecular complexity index is 149. The van der Waals surface area contributed by atoms with Crippen LogP contribution in [0.1, 0.15) is 19.8 Å². The van der Waals surface area contributed by atoms with E-state index in [1.54, 1.807) is 0 Å². The molecule has 1 unspecified atom stereocenters. The third-order valence-corrected chi connectivity index (χ3v) is 2.89. The number of piperidine rings is 1.